The van der Waals surface area contributed by atoms with Crippen LogP contribution in [-0.2, 0) is 4.79 Å². The van der Waals surface area contributed by atoms with Crippen LogP contribution in [-0.4, -0.2) is 47.7 Å². The van der Waals surface area contributed by atoms with Crippen LogP contribution in [0.4, 0.5) is 0 Å². The van der Waals surface area contributed by atoms with Gasteiger partial charge in [0.2, 0.25) is 5.91 Å². The predicted octanol–water partition coefficient (Wildman–Crippen LogP) is 1.39. The summed E-state index contributed by atoms with van der Waals surface area (Å²) in [5, 5.41) is 12.9. The summed E-state index contributed by atoms with van der Waals surface area (Å²) in [6.45, 7) is 9.15. The smallest absolute Gasteiger partial charge is 0.234 e. The number of nitrogens with zero attached hydrogens (tertiary/aromatic N) is 1. The van der Waals surface area contributed by atoms with Crippen molar-refractivity contribution in [1.29, 1.82) is 0 Å². The number of amides is 1. The Morgan fingerprint density at radius 2 is 2.11 bits per heavy atom. The van der Waals surface area contributed by atoms with E-state index in [-0.39, 0.29) is 5.91 Å². The van der Waals surface area contributed by atoms with Crippen LogP contribution in [0.1, 0.15) is 46.5 Å². The molecule has 1 aliphatic rings. The molecule has 0 bridgehead atoms. The number of likely N-dealkylation sites (tertiary alicyclic amines) is 1. The molecule has 1 saturated heterocycles. The number of carbonyl (C=O) groups excluding carboxylic acids is 1. The zero-order valence-electron chi connectivity index (χ0n) is 12.0. The van der Waals surface area contributed by atoms with Gasteiger partial charge in [-0.2, -0.15) is 0 Å². The Morgan fingerprint density at radius 3 is 2.78 bits per heavy atom. The molecule has 106 valence electrons. The van der Waals surface area contributed by atoms with Gasteiger partial charge >= 0.3 is 0 Å². The normalized spacial score (nSPS) is 26.1. The molecule has 0 aromatic rings. The van der Waals surface area contributed by atoms with Gasteiger partial charge in [-0.05, 0) is 45.1 Å². The zero-order chi connectivity index (χ0) is 13.6. The van der Waals surface area contributed by atoms with Crippen molar-refractivity contribution in [2.75, 3.05) is 26.2 Å². The molecule has 4 nitrogen and oxygen atoms in total. The van der Waals surface area contributed by atoms with Gasteiger partial charge in [0.1, 0.15) is 0 Å². The molecule has 0 radical (unpaired) electrons. The van der Waals surface area contributed by atoms with Crippen LogP contribution in [0.25, 0.3) is 0 Å². The van der Waals surface area contributed by atoms with Crippen LogP contribution in [0.2, 0.25) is 0 Å². The lowest BCUT2D eigenvalue weighted by Gasteiger charge is -2.22. The molecular formula is C14H28N2O2. The van der Waals surface area contributed by atoms with E-state index >= 15 is 0 Å². The van der Waals surface area contributed by atoms with Crippen LogP contribution in [0.5, 0.6) is 0 Å². The SMILES string of the molecule is CC(C)CCNC(=O)CN1CCCC(C)(O)CC1. The summed E-state index contributed by atoms with van der Waals surface area (Å²) in [5.74, 6) is 0.732. The Hall–Kier alpha value is -0.610. The van der Waals surface area contributed by atoms with Gasteiger partial charge in [-0.1, -0.05) is 13.8 Å². The first-order valence-electron chi connectivity index (χ1n) is 7.10. The highest BCUT2D eigenvalue weighted by atomic mass is 16.3. The van der Waals surface area contributed by atoms with Gasteiger partial charge in [0, 0.05) is 13.1 Å². The molecule has 0 spiro atoms. The molecule has 1 unspecified atom stereocenters. The summed E-state index contributed by atoms with van der Waals surface area (Å²) >= 11 is 0. The van der Waals surface area contributed by atoms with Crippen LogP contribution in [0.15, 0.2) is 0 Å². The molecule has 0 aromatic heterocycles. The minimum absolute atomic E-state index is 0.109. The third-order valence-electron chi connectivity index (χ3n) is 3.57. The summed E-state index contributed by atoms with van der Waals surface area (Å²) in [4.78, 5) is 13.9. The molecule has 0 aromatic carbocycles. The number of rotatable bonds is 5. The Morgan fingerprint density at radius 1 is 1.39 bits per heavy atom. The third kappa shape index (κ3) is 6.36. The molecular weight excluding hydrogens is 228 g/mol. The van der Waals surface area contributed by atoms with E-state index < -0.39 is 5.60 Å². The lowest BCUT2D eigenvalue weighted by Crippen LogP contribution is -2.38. The molecule has 1 atom stereocenters. The van der Waals surface area contributed by atoms with Gasteiger partial charge in [0.05, 0.1) is 12.1 Å². The minimum atomic E-state index is -0.553. The Labute approximate surface area is 111 Å². The van der Waals surface area contributed by atoms with Crippen molar-refractivity contribution in [3.05, 3.63) is 0 Å². The van der Waals surface area contributed by atoms with E-state index in [9.17, 15) is 9.90 Å². The van der Waals surface area contributed by atoms with Gasteiger partial charge in [0.25, 0.3) is 0 Å². The molecule has 1 fully saturated rings. The van der Waals surface area contributed by atoms with E-state index in [2.05, 4.69) is 24.1 Å². The maximum atomic E-state index is 11.8. The average Bonchev–Trinajstić information content (AvgIpc) is 2.40. The van der Waals surface area contributed by atoms with Crippen LogP contribution >= 0.6 is 0 Å². The van der Waals surface area contributed by atoms with Crippen LogP contribution < -0.4 is 5.32 Å². The number of nitrogens with one attached hydrogen (secondary N) is 1. The van der Waals surface area contributed by atoms with Gasteiger partial charge in [-0.3, -0.25) is 9.69 Å². The molecule has 1 aliphatic heterocycles. The molecule has 1 amide bonds. The highest BCUT2D eigenvalue weighted by Gasteiger charge is 2.25. The standard InChI is InChI=1S/C14H28N2O2/c1-12(2)5-8-15-13(17)11-16-9-4-6-14(3,18)7-10-16/h12,18H,4-11H2,1-3H3,(H,15,17). The summed E-state index contributed by atoms with van der Waals surface area (Å²) in [7, 11) is 0. The first-order valence-corrected chi connectivity index (χ1v) is 7.10. The van der Waals surface area contributed by atoms with E-state index in [1.54, 1.807) is 0 Å². The first kappa shape index (κ1) is 15.4. The molecule has 2 N–H and O–H groups in total. The van der Waals surface area contributed by atoms with Crippen molar-refractivity contribution < 1.29 is 9.90 Å². The van der Waals surface area contributed by atoms with Gasteiger partial charge in [-0.25, -0.2) is 0 Å². The van der Waals surface area contributed by atoms with E-state index in [0.29, 0.717) is 12.5 Å². The van der Waals surface area contributed by atoms with Gasteiger partial charge < -0.3 is 10.4 Å². The van der Waals surface area contributed by atoms with Crippen molar-refractivity contribution in [2.45, 2.75) is 52.1 Å². The number of hydrogen-bond donors (Lipinski definition) is 2. The maximum Gasteiger partial charge on any atom is 0.234 e. The molecule has 1 rings (SSSR count). The molecule has 1 heterocycles. The molecule has 0 aliphatic carbocycles. The lowest BCUT2D eigenvalue weighted by molar-refractivity contribution is -0.122. The van der Waals surface area contributed by atoms with Crippen molar-refractivity contribution >= 4 is 5.91 Å². The van der Waals surface area contributed by atoms with Crippen molar-refractivity contribution in [3.63, 3.8) is 0 Å². The topological polar surface area (TPSA) is 52.6 Å². The summed E-state index contributed by atoms with van der Waals surface area (Å²) in [5.41, 5.74) is -0.553. The molecule has 18 heavy (non-hydrogen) atoms. The third-order valence-corrected chi connectivity index (χ3v) is 3.57. The Bertz CT molecular complexity index is 265. The monoisotopic (exact) mass is 256 g/mol. The van der Waals surface area contributed by atoms with Crippen molar-refractivity contribution in [3.8, 4) is 0 Å². The van der Waals surface area contributed by atoms with Gasteiger partial charge in [-0.15, -0.1) is 0 Å². The second-order valence-corrected chi connectivity index (χ2v) is 6.16. The van der Waals surface area contributed by atoms with Crippen molar-refractivity contribution in [2.24, 2.45) is 5.92 Å². The van der Waals surface area contributed by atoms with E-state index in [1.165, 1.54) is 0 Å². The van der Waals surface area contributed by atoms with E-state index in [0.717, 1.165) is 45.3 Å². The number of aliphatic hydroxyl groups is 1. The second-order valence-electron chi connectivity index (χ2n) is 6.16. The van der Waals surface area contributed by atoms with Gasteiger partial charge in [0.15, 0.2) is 0 Å². The zero-order valence-corrected chi connectivity index (χ0v) is 12.0. The fraction of sp³-hybridized carbons (Fsp3) is 0.929. The van der Waals surface area contributed by atoms with E-state index in [1.807, 2.05) is 6.92 Å². The minimum Gasteiger partial charge on any atom is -0.390 e. The quantitative estimate of drug-likeness (QED) is 0.781. The average molecular weight is 256 g/mol. The number of hydrogen-bond acceptors (Lipinski definition) is 3. The predicted molar refractivity (Wildman–Crippen MR) is 73.4 cm³/mol. The highest BCUT2D eigenvalue weighted by molar-refractivity contribution is 5.77. The Balaban J connectivity index is 2.23. The largest absolute Gasteiger partial charge is 0.390 e. The van der Waals surface area contributed by atoms with E-state index in [4.69, 9.17) is 0 Å². The lowest BCUT2D eigenvalue weighted by atomic mass is 9.98. The van der Waals surface area contributed by atoms with Crippen LogP contribution in [0.3, 0.4) is 0 Å². The highest BCUT2D eigenvalue weighted by Crippen LogP contribution is 2.20. The molecule has 4 heteroatoms. The summed E-state index contributed by atoms with van der Waals surface area (Å²) < 4.78 is 0. The van der Waals surface area contributed by atoms with Crippen molar-refractivity contribution in [1.82, 2.24) is 10.2 Å². The molecule has 0 saturated carbocycles. The second kappa shape index (κ2) is 7.10. The number of carbonyl (C=O) groups is 1. The first-order chi connectivity index (χ1) is 8.39. The Kier molecular flexibility index (Phi) is 6.09. The van der Waals surface area contributed by atoms with Crippen LogP contribution in [0, 0.1) is 5.92 Å². The maximum absolute atomic E-state index is 11.8. The summed E-state index contributed by atoms with van der Waals surface area (Å²) in [6, 6.07) is 0. The summed E-state index contributed by atoms with van der Waals surface area (Å²) in [6.07, 6.45) is 3.58. The fourth-order valence-electron chi connectivity index (χ4n) is 2.24. The fourth-order valence-corrected chi connectivity index (χ4v) is 2.24.